The molecule has 0 atom stereocenters. The molecule has 1 aromatic carbocycles. The Labute approximate surface area is 104 Å². The van der Waals surface area contributed by atoms with Gasteiger partial charge in [-0.2, -0.15) is 0 Å². The molecule has 3 N–H and O–H groups in total. The number of hydrogen-bond acceptors (Lipinski definition) is 2. The number of aromatic carboxylic acids is 1. The Morgan fingerprint density at radius 2 is 2.07 bits per heavy atom. The van der Waals surface area contributed by atoms with Crippen LogP contribution >= 0.6 is 22.6 Å². The second kappa shape index (κ2) is 8.67. The van der Waals surface area contributed by atoms with Crippen molar-refractivity contribution in [2.24, 2.45) is 5.73 Å². The SMILES string of the molecule is CCCCN.O=C(O)c1ccccc1I. The molecule has 0 unspecified atom stereocenters. The fourth-order valence-electron chi connectivity index (χ4n) is 0.839. The van der Waals surface area contributed by atoms with E-state index in [-0.39, 0.29) is 0 Å². The van der Waals surface area contributed by atoms with Crippen LogP contribution in [0.2, 0.25) is 0 Å². The lowest BCUT2D eigenvalue weighted by atomic mass is 10.2. The monoisotopic (exact) mass is 321 g/mol. The number of unbranched alkanes of at least 4 members (excludes halogenated alkanes) is 1. The van der Waals surface area contributed by atoms with Crippen molar-refractivity contribution in [1.82, 2.24) is 0 Å². The lowest BCUT2D eigenvalue weighted by Gasteiger charge is -1.94. The van der Waals surface area contributed by atoms with Gasteiger partial charge in [-0.15, -0.1) is 0 Å². The highest BCUT2D eigenvalue weighted by molar-refractivity contribution is 14.1. The number of hydrogen-bond donors (Lipinski definition) is 2. The van der Waals surface area contributed by atoms with E-state index in [2.05, 4.69) is 6.92 Å². The maximum atomic E-state index is 10.4. The van der Waals surface area contributed by atoms with E-state index in [4.69, 9.17) is 10.8 Å². The van der Waals surface area contributed by atoms with Crippen molar-refractivity contribution in [2.45, 2.75) is 19.8 Å². The Hall–Kier alpha value is -0.620. The zero-order chi connectivity index (χ0) is 11.7. The number of carboxylic acid groups (broad SMARTS) is 1. The van der Waals surface area contributed by atoms with E-state index >= 15 is 0 Å². The van der Waals surface area contributed by atoms with Crippen molar-refractivity contribution in [2.75, 3.05) is 6.54 Å². The summed E-state index contributed by atoms with van der Waals surface area (Å²) in [6.07, 6.45) is 2.39. The van der Waals surface area contributed by atoms with Crippen LogP contribution in [-0.4, -0.2) is 17.6 Å². The Morgan fingerprint density at radius 3 is 2.33 bits per heavy atom. The molecule has 0 saturated carbocycles. The molecule has 0 saturated heterocycles. The largest absolute Gasteiger partial charge is 0.478 e. The molecule has 1 rings (SSSR count). The summed E-state index contributed by atoms with van der Waals surface area (Å²) >= 11 is 1.99. The van der Waals surface area contributed by atoms with E-state index in [0.29, 0.717) is 5.56 Å². The van der Waals surface area contributed by atoms with Gasteiger partial charge in [-0.25, -0.2) is 4.79 Å². The highest BCUT2D eigenvalue weighted by atomic mass is 127. The lowest BCUT2D eigenvalue weighted by molar-refractivity contribution is 0.0695. The van der Waals surface area contributed by atoms with Gasteiger partial charge >= 0.3 is 5.97 Å². The third-order valence-electron chi connectivity index (χ3n) is 1.66. The quantitative estimate of drug-likeness (QED) is 0.842. The van der Waals surface area contributed by atoms with E-state index in [9.17, 15) is 4.79 Å². The minimum Gasteiger partial charge on any atom is -0.478 e. The summed E-state index contributed by atoms with van der Waals surface area (Å²) in [4.78, 5) is 10.4. The van der Waals surface area contributed by atoms with Gasteiger partial charge < -0.3 is 10.8 Å². The van der Waals surface area contributed by atoms with Gasteiger partial charge in [-0.3, -0.25) is 0 Å². The number of halogens is 1. The summed E-state index contributed by atoms with van der Waals surface area (Å²) in [5.41, 5.74) is 5.50. The van der Waals surface area contributed by atoms with Crippen LogP contribution in [-0.2, 0) is 0 Å². The third-order valence-corrected chi connectivity index (χ3v) is 2.60. The van der Waals surface area contributed by atoms with Crippen LogP contribution in [0.4, 0.5) is 0 Å². The van der Waals surface area contributed by atoms with Crippen LogP contribution in [0.25, 0.3) is 0 Å². The Kier molecular flexibility index (Phi) is 8.31. The fourth-order valence-corrected chi connectivity index (χ4v) is 1.46. The fraction of sp³-hybridized carbons (Fsp3) is 0.364. The van der Waals surface area contributed by atoms with Crippen LogP contribution in [0.1, 0.15) is 30.1 Å². The molecule has 1 aromatic rings. The van der Waals surface area contributed by atoms with Crippen LogP contribution in [0.3, 0.4) is 0 Å². The van der Waals surface area contributed by atoms with Crippen molar-refractivity contribution < 1.29 is 9.90 Å². The summed E-state index contributed by atoms with van der Waals surface area (Å²) in [5, 5.41) is 8.56. The average Bonchev–Trinajstić information content (AvgIpc) is 2.20. The number of rotatable bonds is 3. The summed E-state index contributed by atoms with van der Waals surface area (Å²) in [6, 6.07) is 6.88. The summed E-state index contributed by atoms with van der Waals surface area (Å²) in [6.45, 7) is 2.98. The molecular weight excluding hydrogens is 305 g/mol. The molecule has 84 valence electrons. The maximum Gasteiger partial charge on any atom is 0.336 e. The first-order valence-corrected chi connectivity index (χ1v) is 5.89. The second-order valence-corrected chi connectivity index (χ2v) is 4.09. The van der Waals surface area contributed by atoms with Crippen molar-refractivity contribution in [3.05, 3.63) is 33.4 Å². The zero-order valence-corrected chi connectivity index (χ0v) is 10.9. The van der Waals surface area contributed by atoms with Gasteiger partial charge in [-0.1, -0.05) is 25.5 Å². The van der Waals surface area contributed by atoms with Gasteiger partial charge in [0.25, 0.3) is 0 Å². The third kappa shape index (κ3) is 6.46. The molecule has 0 aliphatic carbocycles. The molecule has 0 aromatic heterocycles. The van der Waals surface area contributed by atoms with Crippen LogP contribution in [0, 0.1) is 3.57 Å². The summed E-state index contributed by atoms with van der Waals surface area (Å²) in [7, 11) is 0. The molecule has 0 amide bonds. The molecule has 0 aliphatic rings. The first-order chi connectivity index (χ1) is 7.13. The Morgan fingerprint density at radius 1 is 1.47 bits per heavy atom. The van der Waals surface area contributed by atoms with Crippen molar-refractivity contribution in [3.63, 3.8) is 0 Å². The first-order valence-electron chi connectivity index (χ1n) is 4.81. The van der Waals surface area contributed by atoms with Crippen molar-refractivity contribution >= 4 is 28.6 Å². The van der Waals surface area contributed by atoms with Crippen LogP contribution < -0.4 is 5.73 Å². The normalized spacial score (nSPS) is 9.00. The highest BCUT2D eigenvalue weighted by Crippen LogP contribution is 2.10. The Bertz CT molecular complexity index is 300. The minimum absolute atomic E-state index is 0.364. The van der Waals surface area contributed by atoms with Gasteiger partial charge in [0.1, 0.15) is 0 Å². The number of benzene rings is 1. The topological polar surface area (TPSA) is 63.3 Å². The van der Waals surface area contributed by atoms with Crippen LogP contribution in [0.5, 0.6) is 0 Å². The summed E-state index contributed by atoms with van der Waals surface area (Å²) in [5.74, 6) is -0.870. The number of carboxylic acids is 1. The molecule has 15 heavy (non-hydrogen) atoms. The smallest absolute Gasteiger partial charge is 0.336 e. The standard InChI is InChI=1S/C7H5IO2.C4H11N/c8-6-4-2-1-3-5(6)7(9)10;1-2-3-4-5/h1-4H,(H,9,10);2-5H2,1H3. The molecular formula is C11H16INO2. The predicted octanol–water partition coefficient (Wildman–Crippen LogP) is 2.73. The van der Waals surface area contributed by atoms with Gasteiger partial charge in [0.15, 0.2) is 0 Å². The molecule has 0 fully saturated rings. The molecule has 0 radical (unpaired) electrons. The van der Waals surface area contributed by atoms with E-state index in [1.165, 1.54) is 12.8 Å². The zero-order valence-electron chi connectivity index (χ0n) is 8.74. The van der Waals surface area contributed by atoms with Crippen molar-refractivity contribution in [3.8, 4) is 0 Å². The summed E-state index contributed by atoms with van der Waals surface area (Å²) < 4.78 is 0.771. The van der Waals surface area contributed by atoms with Gasteiger partial charge in [0, 0.05) is 3.57 Å². The second-order valence-electron chi connectivity index (χ2n) is 2.93. The lowest BCUT2D eigenvalue weighted by Crippen LogP contribution is -1.97. The van der Waals surface area contributed by atoms with E-state index in [0.717, 1.165) is 10.1 Å². The van der Waals surface area contributed by atoms with E-state index in [1.54, 1.807) is 18.2 Å². The number of nitrogens with two attached hydrogens (primary N) is 1. The molecule has 0 bridgehead atoms. The highest BCUT2D eigenvalue weighted by Gasteiger charge is 2.04. The Balaban J connectivity index is 0.000000336. The van der Waals surface area contributed by atoms with E-state index in [1.807, 2.05) is 28.7 Å². The van der Waals surface area contributed by atoms with Gasteiger partial charge in [0.05, 0.1) is 5.56 Å². The molecule has 0 aliphatic heterocycles. The first kappa shape index (κ1) is 14.4. The molecule has 0 spiro atoms. The average molecular weight is 321 g/mol. The number of carbonyl (C=O) groups is 1. The van der Waals surface area contributed by atoms with Gasteiger partial charge in [0.2, 0.25) is 0 Å². The molecule has 4 heteroatoms. The molecule has 3 nitrogen and oxygen atoms in total. The predicted molar refractivity (Wildman–Crippen MR) is 70.1 cm³/mol. The maximum absolute atomic E-state index is 10.4. The molecule has 0 heterocycles. The van der Waals surface area contributed by atoms with Crippen LogP contribution in [0.15, 0.2) is 24.3 Å². The van der Waals surface area contributed by atoms with E-state index < -0.39 is 5.97 Å². The van der Waals surface area contributed by atoms with Crippen molar-refractivity contribution in [1.29, 1.82) is 0 Å². The van der Waals surface area contributed by atoms with Gasteiger partial charge in [-0.05, 0) is 47.7 Å². The minimum atomic E-state index is -0.870.